The second-order valence-electron chi connectivity index (χ2n) is 5.39. The van der Waals surface area contributed by atoms with Crippen LogP contribution in [0.1, 0.15) is 12.0 Å². The highest BCUT2D eigenvalue weighted by Crippen LogP contribution is 2.22. The van der Waals surface area contributed by atoms with Crippen LogP contribution >= 0.6 is 0 Å². The predicted molar refractivity (Wildman–Crippen MR) is 93.0 cm³/mol. The largest absolute Gasteiger partial charge is 0.326 e. The molecule has 1 amide bonds. The van der Waals surface area contributed by atoms with Crippen LogP contribution in [0.25, 0.3) is 0 Å². The number of anilines is 2. The molecule has 0 unspecified atom stereocenters. The zero-order valence-electron chi connectivity index (χ0n) is 13.7. The summed E-state index contributed by atoms with van der Waals surface area (Å²) in [4.78, 5) is 12.0. The van der Waals surface area contributed by atoms with Crippen LogP contribution in [0.5, 0.6) is 0 Å². The molecule has 2 aromatic rings. The smallest absolute Gasteiger partial charge is 0.232 e. The monoisotopic (exact) mass is 379 g/mol. The van der Waals surface area contributed by atoms with Gasteiger partial charge in [0.05, 0.1) is 17.5 Å². The number of amides is 1. The standard InChI is InChI=1S/C17H15F2N3O3S/c1-26(24,25)22(16-5-3-2-4-12(16)11-20)9-8-17(23)21-13-6-7-14(18)15(19)10-13/h2-7,10H,8-9H2,1H3,(H,21,23). The van der Waals surface area contributed by atoms with Crippen molar-refractivity contribution in [2.45, 2.75) is 6.42 Å². The Balaban J connectivity index is 2.14. The molecule has 136 valence electrons. The van der Waals surface area contributed by atoms with Gasteiger partial charge in [-0.25, -0.2) is 17.2 Å². The summed E-state index contributed by atoms with van der Waals surface area (Å²) in [6.07, 6.45) is 0.722. The first kappa shape index (κ1) is 19.3. The SMILES string of the molecule is CS(=O)(=O)N(CCC(=O)Nc1ccc(F)c(F)c1)c1ccccc1C#N. The zero-order valence-corrected chi connectivity index (χ0v) is 14.6. The summed E-state index contributed by atoms with van der Waals surface area (Å²) in [5, 5.41) is 11.5. The summed E-state index contributed by atoms with van der Waals surface area (Å²) in [6.45, 7) is -0.215. The molecule has 0 aliphatic carbocycles. The Morgan fingerprint density at radius 2 is 1.88 bits per heavy atom. The minimum Gasteiger partial charge on any atom is -0.326 e. The summed E-state index contributed by atoms with van der Waals surface area (Å²) < 4.78 is 51.1. The molecular weight excluding hydrogens is 364 g/mol. The van der Waals surface area contributed by atoms with Gasteiger partial charge in [-0.15, -0.1) is 0 Å². The van der Waals surface area contributed by atoms with Gasteiger partial charge in [-0.05, 0) is 24.3 Å². The molecule has 0 saturated heterocycles. The van der Waals surface area contributed by atoms with Crippen molar-refractivity contribution in [1.82, 2.24) is 0 Å². The van der Waals surface area contributed by atoms with Crippen LogP contribution in [-0.2, 0) is 14.8 Å². The Labute approximate surface area is 149 Å². The molecule has 0 aliphatic heterocycles. The van der Waals surface area contributed by atoms with E-state index in [1.807, 2.05) is 6.07 Å². The van der Waals surface area contributed by atoms with Crippen molar-refractivity contribution in [2.75, 3.05) is 22.4 Å². The van der Waals surface area contributed by atoms with Gasteiger partial charge in [0, 0.05) is 24.7 Å². The van der Waals surface area contributed by atoms with Crippen molar-refractivity contribution in [2.24, 2.45) is 0 Å². The number of benzene rings is 2. The Bertz CT molecular complexity index is 971. The van der Waals surface area contributed by atoms with E-state index in [2.05, 4.69) is 5.32 Å². The van der Waals surface area contributed by atoms with Gasteiger partial charge in [0.1, 0.15) is 6.07 Å². The van der Waals surface area contributed by atoms with E-state index < -0.39 is 27.6 Å². The molecule has 0 radical (unpaired) electrons. The first-order valence-electron chi connectivity index (χ1n) is 7.44. The number of para-hydroxylation sites is 1. The molecule has 0 spiro atoms. The molecule has 26 heavy (non-hydrogen) atoms. The van der Waals surface area contributed by atoms with Crippen molar-refractivity contribution < 1.29 is 22.0 Å². The van der Waals surface area contributed by atoms with Crippen LogP contribution in [0.3, 0.4) is 0 Å². The zero-order chi connectivity index (χ0) is 19.3. The molecule has 6 nitrogen and oxygen atoms in total. The molecule has 0 bridgehead atoms. The summed E-state index contributed by atoms with van der Waals surface area (Å²) in [5.74, 6) is -2.73. The van der Waals surface area contributed by atoms with E-state index in [9.17, 15) is 22.0 Å². The lowest BCUT2D eigenvalue weighted by Crippen LogP contribution is -2.33. The van der Waals surface area contributed by atoms with E-state index in [-0.39, 0.29) is 29.9 Å². The van der Waals surface area contributed by atoms with Crippen LogP contribution in [-0.4, -0.2) is 27.1 Å². The van der Waals surface area contributed by atoms with Gasteiger partial charge in [-0.2, -0.15) is 5.26 Å². The van der Waals surface area contributed by atoms with Crippen LogP contribution in [0.4, 0.5) is 20.2 Å². The highest BCUT2D eigenvalue weighted by Gasteiger charge is 2.21. The van der Waals surface area contributed by atoms with Gasteiger partial charge in [-0.1, -0.05) is 12.1 Å². The lowest BCUT2D eigenvalue weighted by Gasteiger charge is -2.23. The number of hydrogen-bond donors (Lipinski definition) is 1. The molecule has 0 saturated carbocycles. The second-order valence-corrected chi connectivity index (χ2v) is 7.30. The molecular formula is C17H15F2N3O3S. The summed E-state index contributed by atoms with van der Waals surface area (Å²) in [6, 6.07) is 10.9. The number of sulfonamides is 1. The third-order valence-electron chi connectivity index (χ3n) is 3.44. The van der Waals surface area contributed by atoms with Gasteiger partial charge < -0.3 is 5.32 Å². The molecule has 1 N–H and O–H groups in total. The average molecular weight is 379 g/mol. The van der Waals surface area contributed by atoms with Crippen LogP contribution in [0.2, 0.25) is 0 Å². The fraction of sp³-hybridized carbons (Fsp3) is 0.176. The van der Waals surface area contributed by atoms with E-state index in [0.29, 0.717) is 0 Å². The van der Waals surface area contributed by atoms with Crippen molar-refractivity contribution in [3.63, 3.8) is 0 Å². The van der Waals surface area contributed by atoms with Gasteiger partial charge in [0.25, 0.3) is 0 Å². The summed E-state index contributed by atoms with van der Waals surface area (Å²) in [7, 11) is -3.74. The van der Waals surface area contributed by atoms with Gasteiger partial charge in [0.2, 0.25) is 15.9 Å². The molecule has 0 fully saturated rings. The molecule has 9 heteroatoms. The number of nitriles is 1. The number of hydrogen-bond acceptors (Lipinski definition) is 4. The second kappa shape index (κ2) is 7.93. The molecule has 0 heterocycles. The number of nitrogens with zero attached hydrogens (tertiary/aromatic N) is 2. The lowest BCUT2D eigenvalue weighted by atomic mass is 10.2. The van der Waals surface area contributed by atoms with E-state index in [1.165, 1.54) is 18.2 Å². The summed E-state index contributed by atoms with van der Waals surface area (Å²) in [5.41, 5.74) is 0.370. The fourth-order valence-electron chi connectivity index (χ4n) is 2.25. The maximum atomic E-state index is 13.2. The normalized spacial score (nSPS) is 10.8. The fourth-order valence-corrected chi connectivity index (χ4v) is 3.19. The molecule has 0 aliphatic rings. The van der Waals surface area contributed by atoms with E-state index >= 15 is 0 Å². The van der Waals surface area contributed by atoms with Crippen LogP contribution < -0.4 is 9.62 Å². The van der Waals surface area contributed by atoms with Crippen molar-refractivity contribution in [1.29, 1.82) is 5.26 Å². The number of carbonyl (C=O) groups is 1. The molecule has 2 rings (SSSR count). The van der Waals surface area contributed by atoms with E-state index in [0.717, 1.165) is 22.7 Å². The maximum Gasteiger partial charge on any atom is 0.232 e. The number of rotatable bonds is 6. The average Bonchev–Trinajstić information content (AvgIpc) is 2.57. The Morgan fingerprint density at radius 1 is 1.19 bits per heavy atom. The number of nitrogens with one attached hydrogen (secondary N) is 1. The van der Waals surface area contributed by atoms with E-state index in [1.54, 1.807) is 12.1 Å². The van der Waals surface area contributed by atoms with Crippen LogP contribution in [0, 0.1) is 23.0 Å². The number of carbonyl (C=O) groups excluding carboxylic acids is 1. The highest BCUT2D eigenvalue weighted by molar-refractivity contribution is 7.92. The Morgan fingerprint density at radius 3 is 2.50 bits per heavy atom. The lowest BCUT2D eigenvalue weighted by molar-refractivity contribution is -0.116. The number of halogens is 2. The maximum absolute atomic E-state index is 13.2. The van der Waals surface area contributed by atoms with Gasteiger partial charge >= 0.3 is 0 Å². The minimum absolute atomic E-state index is 0.0530. The predicted octanol–water partition coefficient (Wildman–Crippen LogP) is 2.63. The van der Waals surface area contributed by atoms with E-state index in [4.69, 9.17) is 5.26 Å². The first-order chi connectivity index (χ1) is 12.2. The Kier molecular flexibility index (Phi) is 5.90. The van der Waals surface area contributed by atoms with Crippen molar-refractivity contribution >= 4 is 27.3 Å². The van der Waals surface area contributed by atoms with Crippen LogP contribution in [0.15, 0.2) is 42.5 Å². The minimum atomic E-state index is -3.74. The third-order valence-corrected chi connectivity index (χ3v) is 4.62. The quantitative estimate of drug-likeness (QED) is 0.835. The first-order valence-corrected chi connectivity index (χ1v) is 9.29. The highest BCUT2D eigenvalue weighted by atomic mass is 32.2. The summed E-state index contributed by atoms with van der Waals surface area (Å²) >= 11 is 0. The van der Waals surface area contributed by atoms with Gasteiger partial charge in [0.15, 0.2) is 11.6 Å². The topological polar surface area (TPSA) is 90.3 Å². The molecule has 2 aromatic carbocycles. The van der Waals surface area contributed by atoms with Crippen molar-refractivity contribution in [3.05, 3.63) is 59.7 Å². The Hall–Kier alpha value is -2.99. The molecule has 0 atom stereocenters. The molecule has 0 aromatic heterocycles. The van der Waals surface area contributed by atoms with Gasteiger partial charge in [-0.3, -0.25) is 9.10 Å². The third kappa shape index (κ3) is 4.77. The van der Waals surface area contributed by atoms with Crippen molar-refractivity contribution in [3.8, 4) is 6.07 Å².